The summed E-state index contributed by atoms with van der Waals surface area (Å²) in [4.78, 5) is 33.7. The number of amides is 3. The van der Waals surface area contributed by atoms with Crippen LogP contribution in [0.5, 0.6) is 0 Å². The second-order valence-electron chi connectivity index (χ2n) is 13.6. The number of likely N-dealkylation sites (N-methyl/N-ethyl adjacent to an activating group) is 1. The normalized spacial score (nSPS) is 26.9. The van der Waals surface area contributed by atoms with E-state index in [1.54, 1.807) is 11.9 Å². The van der Waals surface area contributed by atoms with Gasteiger partial charge in [0.15, 0.2) is 0 Å². The second kappa shape index (κ2) is 12.3. The van der Waals surface area contributed by atoms with Gasteiger partial charge in [-0.2, -0.15) is 0 Å². The van der Waals surface area contributed by atoms with Gasteiger partial charge in [0.2, 0.25) is 0 Å². The Bertz CT molecular complexity index is 933. The summed E-state index contributed by atoms with van der Waals surface area (Å²) in [7, 11) is 1.76. The lowest BCUT2D eigenvalue weighted by atomic mass is 9.71. The van der Waals surface area contributed by atoms with Crippen LogP contribution in [0.15, 0.2) is 24.5 Å². The molecular weight excluding hydrogens is 476 g/mol. The Morgan fingerprint density at radius 2 is 1.87 bits per heavy atom. The molecule has 4 rings (SSSR count). The van der Waals surface area contributed by atoms with Crippen LogP contribution < -0.4 is 5.32 Å². The van der Waals surface area contributed by atoms with Gasteiger partial charge in [-0.15, -0.1) is 0 Å². The molecule has 5 atom stereocenters. The topological polar surface area (TPSA) is 74.8 Å². The average molecular weight is 527 g/mol. The minimum absolute atomic E-state index is 0.0203. The molecule has 1 heterocycles. The van der Waals surface area contributed by atoms with E-state index in [-0.39, 0.29) is 12.1 Å². The van der Waals surface area contributed by atoms with E-state index in [2.05, 4.69) is 17.2 Å². The maximum absolute atomic E-state index is 13.5. The van der Waals surface area contributed by atoms with Crippen LogP contribution in [0.3, 0.4) is 0 Å². The summed E-state index contributed by atoms with van der Waals surface area (Å²) in [5.74, 6) is 2.99. The van der Waals surface area contributed by atoms with Gasteiger partial charge in [0, 0.05) is 45.6 Å². The molecule has 3 unspecified atom stereocenters. The number of hydrogen-bond donors (Lipinski definition) is 1. The van der Waals surface area contributed by atoms with Crippen molar-refractivity contribution >= 4 is 12.1 Å². The summed E-state index contributed by atoms with van der Waals surface area (Å²) in [6, 6.07) is 4.05. The van der Waals surface area contributed by atoms with Gasteiger partial charge >= 0.3 is 12.1 Å². The molecule has 1 aromatic rings. The summed E-state index contributed by atoms with van der Waals surface area (Å²) in [6.45, 7) is 10.1. The molecule has 3 aliphatic rings. The van der Waals surface area contributed by atoms with Crippen molar-refractivity contribution in [3.8, 4) is 0 Å². The molecular formula is C31H50N4O3. The molecule has 1 N–H and O–H groups in total. The van der Waals surface area contributed by atoms with E-state index in [4.69, 9.17) is 4.74 Å². The molecule has 3 aliphatic carbocycles. The SMILES string of the molecule is CC(CNC(=O)N(CCN(C)C(=O)OC(C)(C)C)CC[C@@]12CCCC3CC(C[C@@H]1C3)C2)Cc1ccncc1. The zero-order valence-electron chi connectivity index (χ0n) is 24.4. The minimum Gasteiger partial charge on any atom is -0.444 e. The number of hydrogen-bond acceptors (Lipinski definition) is 4. The van der Waals surface area contributed by atoms with Gasteiger partial charge in [-0.05, 0) is 112 Å². The van der Waals surface area contributed by atoms with E-state index in [0.717, 1.165) is 37.1 Å². The fraction of sp³-hybridized carbons (Fsp3) is 0.774. The number of pyridine rings is 1. The number of urea groups is 1. The van der Waals surface area contributed by atoms with Crippen LogP contribution in [-0.4, -0.2) is 65.7 Å². The first-order chi connectivity index (χ1) is 18.0. The maximum atomic E-state index is 13.5. The molecule has 7 nitrogen and oxygen atoms in total. The van der Waals surface area contributed by atoms with Crippen molar-refractivity contribution in [1.82, 2.24) is 20.1 Å². The van der Waals surface area contributed by atoms with Crippen LogP contribution in [0.4, 0.5) is 9.59 Å². The molecule has 0 aliphatic heterocycles. The van der Waals surface area contributed by atoms with Crippen LogP contribution in [0.25, 0.3) is 0 Å². The molecule has 3 fully saturated rings. The summed E-state index contributed by atoms with van der Waals surface area (Å²) < 4.78 is 5.53. The molecule has 0 aromatic carbocycles. The molecule has 38 heavy (non-hydrogen) atoms. The van der Waals surface area contributed by atoms with Crippen LogP contribution in [-0.2, 0) is 11.2 Å². The zero-order valence-corrected chi connectivity index (χ0v) is 24.4. The standard InChI is InChI=1S/C31H50N4O3/c1-23(17-24-8-12-32-13-9-24)22-33-28(36)35(16-15-34(5)29(37)38-30(2,3)4)14-11-31-10-6-7-25-18-26(21-31)20-27(31)19-25/h8-9,12-13,23,25-27H,6-7,10-11,14-22H2,1-5H3,(H,33,36)/t23?,25?,26?,27-,31+/m0/s1. The number of carbonyl (C=O) groups is 2. The molecule has 1 aromatic heterocycles. The Hall–Kier alpha value is -2.31. The monoisotopic (exact) mass is 526 g/mol. The van der Waals surface area contributed by atoms with Crippen molar-refractivity contribution in [3.63, 3.8) is 0 Å². The fourth-order valence-corrected chi connectivity index (χ4v) is 7.43. The number of ether oxygens (including phenoxy) is 1. The van der Waals surface area contributed by atoms with Gasteiger partial charge < -0.3 is 19.9 Å². The van der Waals surface area contributed by atoms with Gasteiger partial charge in [0.1, 0.15) is 5.60 Å². The first kappa shape index (κ1) is 28.7. The molecule has 212 valence electrons. The Morgan fingerprint density at radius 1 is 1.13 bits per heavy atom. The molecule has 0 spiro atoms. The molecule has 3 bridgehead atoms. The fourth-order valence-electron chi connectivity index (χ4n) is 7.43. The Morgan fingerprint density at radius 3 is 2.61 bits per heavy atom. The molecule has 0 radical (unpaired) electrons. The number of nitrogens with one attached hydrogen (secondary N) is 1. The van der Waals surface area contributed by atoms with Gasteiger partial charge in [-0.3, -0.25) is 4.98 Å². The average Bonchev–Trinajstić information content (AvgIpc) is 3.03. The minimum atomic E-state index is -0.538. The van der Waals surface area contributed by atoms with E-state index >= 15 is 0 Å². The lowest BCUT2D eigenvalue weighted by Crippen LogP contribution is -2.47. The van der Waals surface area contributed by atoms with Crippen LogP contribution in [0.2, 0.25) is 0 Å². The third-order valence-electron chi connectivity index (χ3n) is 9.26. The van der Waals surface area contributed by atoms with E-state index in [1.807, 2.05) is 50.2 Å². The summed E-state index contributed by atoms with van der Waals surface area (Å²) in [5.41, 5.74) is 1.10. The van der Waals surface area contributed by atoms with Crippen molar-refractivity contribution in [3.05, 3.63) is 30.1 Å². The molecule has 7 heteroatoms. The van der Waals surface area contributed by atoms with Crippen LogP contribution >= 0.6 is 0 Å². The van der Waals surface area contributed by atoms with E-state index in [9.17, 15) is 9.59 Å². The highest BCUT2D eigenvalue weighted by Crippen LogP contribution is 2.61. The zero-order chi connectivity index (χ0) is 27.3. The van der Waals surface area contributed by atoms with E-state index in [0.29, 0.717) is 31.0 Å². The van der Waals surface area contributed by atoms with Crippen molar-refractivity contribution in [1.29, 1.82) is 0 Å². The highest BCUT2D eigenvalue weighted by Gasteiger charge is 2.51. The first-order valence-corrected chi connectivity index (χ1v) is 14.9. The van der Waals surface area contributed by atoms with E-state index in [1.165, 1.54) is 50.5 Å². The van der Waals surface area contributed by atoms with Crippen molar-refractivity contribution in [2.24, 2.45) is 29.1 Å². The number of carbonyl (C=O) groups excluding carboxylic acids is 2. The molecule has 0 saturated heterocycles. The second-order valence-corrected chi connectivity index (χ2v) is 13.6. The lowest BCUT2D eigenvalue weighted by molar-refractivity contribution is 0.0284. The highest BCUT2D eigenvalue weighted by molar-refractivity contribution is 5.74. The quantitative estimate of drug-likeness (QED) is 0.398. The number of nitrogens with zero attached hydrogens (tertiary/aromatic N) is 3. The first-order valence-electron chi connectivity index (χ1n) is 14.9. The highest BCUT2D eigenvalue weighted by atomic mass is 16.6. The van der Waals surface area contributed by atoms with Crippen LogP contribution in [0, 0.1) is 29.1 Å². The van der Waals surface area contributed by atoms with E-state index < -0.39 is 5.60 Å². The Labute approximate surface area is 230 Å². The third kappa shape index (κ3) is 7.63. The predicted octanol–water partition coefficient (Wildman–Crippen LogP) is 6.14. The summed E-state index contributed by atoms with van der Waals surface area (Å²) >= 11 is 0. The Kier molecular flexibility index (Phi) is 9.25. The Balaban J connectivity index is 1.36. The lowest BCUT2D eigenvalue weighted by Gasteiger charge is -2.37. The molecule has 3 saturated carbocycles. The van der Waals surface area contributed by atoms with Gasteiger partial charge in [-0.25, -0.2) is 9.59 Å². The number of fused-ring (bicyclic) bond motifs is 2. The van der Waals surface area contributed by atoms with Crippen molar-refractivity contribution < 1.29 is 14.3 Å². The third-order valence-corrected chi connectivity index (χ3v) is 9.26. The van der Waals surface area contributed by atoms with Crippen LogP contribution in [0.1, 0.15) is 84.6 Å². The largest absolute Gasteiger partial charge is 0.444 e. The number of aromatic nitrogens is 1. The van der Waals surface area contributed by atoms with Gasteiger partial charge in [0.25, 0.3) is 0 Å². The van der Waals surface area contributed by atoms with Gasteiger partial charge in [0.05, 0.1) is 0 Å². The summed E-state index contributed by atoms with van der Waals surface area (Å²) in [5, 5.41) is 3.21. The molecule has 3 amide bonds. The maximum Gasteiger partial charge on any atom is 0.410 e. The predicted molar refractivity (Wildman–Crippen MR) is 151 cm³/mol. The smallest absolute Gasteiger partial charge is 0.410 e. The van der Waals surface area contributed by atoms with Crippen molar-refractivity contribution in [2.75, 3.05) is 33.2 Å². The van der Waals surface area contributed by atoms with Crippen molar-refractivity contribution in [2.45, 2.75) is 91.1 Å². The van der Waals surface area contributed by atoms with Gasteiger partial charge in [-0.1, -0.05) is 19.8 Å². The number of rotatable bonds is 10. The summed E-state index contributed by atoms with van der Waals surface area (Å²) in [6.07, 6.45) is 14.9.